The van der Waals surface area contributed by atoms with Crippen LogP contribution in [0.5, 0.6) is 0 Å². The number of fused-ring (bicyclic) bond motifs is 1. The molecule has 0 spiro atoms. The minimum atomic E-state index is 0.430. The molecule has 0 saturated heterocycles. The Morgan fingerprint density at radius 2 is 2.00 bits per heavy atom. The Balaban J connectivity index is 1.83. The lowest BCUT2D eigenvalue weighted by Gasteiger charge is -2.02. The molecule has 0 amide bonds. The maximum absolute atomic E-state index is 8.64. The van der Waals surface area contributed by atoms with E-state index in [1.807, 2.05) is 42.5 Å². The van der Waals surface area contributed by atoms with Crippen molar-refractivity contribution in [2.75, 3.05) is 5.32 Å². The van der Waals surface area contributed by atoms with Crippen molar-refractivity contribution in [3.8, 4) is 6.07 Å². The number of thiazole rings is 1. The van der Waals surface area contributed by atoms with Crippen molar-refractivity contribution in [3.63, 3.8) is 0 Å². The van der Waals surface area contributed by atoms with E-state index in [4.69, 9.17) is 16.9 Å². The first-order valence-electron chi connectivity index (χ1n) is 6.03. The van der Waals surface area contributed by atoms with Gasteiger partial charge in [-0.05, 0) is 35.9 Å². The highest BCUT2D eigenvalue weighted by atomic mass is 35.5. The average Bonchev–Trinajstić information content (AvgIpc) is 2.82. The van der Waals surface area contributed by atoms with E-state index in [-0.39, 0.29) is 0 Å². The molecule has 0 unspecified atom stereocenters. The Hall–Kier alpha value is -2.09. The van der Waals surface area contributed by atoms with Gasteiger partial charge in [0, 0.05) is 10.7 Å². The van der Waals surface area contributed by atoms with Crippen LogP contribution < -0.4 is 5.32 Å². The number of nitriles is 1. The summed E-state index contributed by atoms with van der Waals surface area (Å²) < 4.78 is 1.10. The summed E-state index contributed by atoms with van der Waals surface area (Å²) >= 11 is 7.54. The molecule has 3 aromatic rings. The first-order chi connectivity index (χ1) is 9.74. The molecule has 20 heavy (non-hydrogen) atoms. The third kappa shape index (κ3) is 2.74. The van der Waals surface area contributed by atoms with Gasteiger partial charge in [0.2, 0.25) is 0 Å². The van der Waals surface area contributed by atoms with Crippen LogP contribution in [-0.4, -0.2) is 4.98 Å². The Morgan fingerprint density at radius 3 is 2.75 bits per heavy atom. The van der Waals surface area contributed by atoms with Gasteiger partial charge in [-0.25, -0.2) is 4.98 Å². The Bertz CT molecular complexity index is 787. The molecule has 3 rings (SSSR count). The zero-order chi connectivity index (χ0) is 13.9. The van der Waals surface area contributed by atoms with Gasteiger partial charge in [0.1, 0.15) is 0 Å². The molecular formula is C15H10ClN3S. The number of nitrogens with one attached hydrogen (secondary N) is 1. The van der Waals surface area contributed by atoms with Gasteiger partial charge in [-0.1, -0.05) is 35.1 Å². The molecule has 0 atom stereocenters. The van der Waals surface area contributed by atoms with Gasteiger partial charge in [-0.3, -0.25) is 0 Å². The molecule has 0 radical (unpaired) electrons. The Morgan fingerprint density at radius 1 is 1.20 bits per heavy atom. The van der Waals surface area contributed by atoms with E-state index >= 15 is 0 Å². The average molecular weight is 300 g/mol. The van der Waals surface area contributed by atoms with Gasteiger partial charge >= 0.3 is 0 Å². The van der Waals surface area contributed by atoms with E-state index in [2.05, 4.69) is 16.4 Å². The van der Waals surface area contributed by atoms with Crippen LogP contribution in [0, 0.1) is 11.3 Å². The topological polar surface area (TPSA) is 48.7 Å². The van der Waals surface area contributed by atoms with Crippen LogP contribution in [0.25, 0.3) is 10.2 Å². The Labute approximate surface area is 125 Å². The molecule has 3 nitrogen and oxygen atoms in total. The number of halogens is 1. The third-order valence-electron chi connectivity index (χ3n) is 2.84. The van der Waals surface area contributed by atoms with E-state index in [0.717, 1.165) is 26.6 Å². The van der Waals surface area contributed by atoms with Crippen LogP contribution in [0.15, 0.2) is 42.5 Å². The van der Waals surface area contributed by atoms with Crippen molar-refractivity contribution >= 4 is 44.0 Å². The zero-order valence-electron chi connectivity index (χ0n) is 10.4. The van der Waals surface area contributed by atoms with E-state index < -0.39 is 0 Å². The minimum absolute atomic E-state index is 0.430. The number of anilines is 2. The minimum Gasteiger partial charge on any atom is -0.332 e. The highest BCUT2D eigenvalue weighted by Crippen LogP contribution is 2.30. The molecule has 0 saturated carbocycles. The quantitative estimate of drug-likeness (QED) is 0.758. The molecule has 0 aliphatic rings. The van der Waals surface area contributed by atoms with E-state index in [1.165, 1.54) is 0 Å². The highest BCUT2D eigenvalue weighted by molar-refractivity contribution is 7.22. The summed E-state index contributed by atoms with van der Waals surface area (Å²) in [6.45, 7) is 0. The molecule has 0 aliphatic carbocycles. The molecule has 1 N–H and O–H groups in total. The van der Waals surface area contributed by atoms with Crippen molar-refractivity contribution in [1.82, 2.24) is 4.98 Å². The summed E-state index contributed by atoms with van der Waals surface area (Å²) in [5.74, 6) is 0. The van der Waals surface area contributed by atoms with Crippen molar-refractivity contribution in [2.45, 2.75) is 6.42 Å². The number of aromatic nitrogens is 1. The summed E-state index contributed by atoms with van der Waals surface area (Å²) in [4.78, 5) is 4.50. The zero-order valence-corrected chi connectivity index (χ0v) is 12.0. The molecule has 0 fully saturated rings. The lowest BCUT2D eigenvalue weighted by molar-refractivity contribution is 1.26. The molecule has 1 heterocycles. The van der Waals surface area contributed by atoms with Crippen LogP contribution in [0.2, 0.25) is 5.02 Å². The number of rotatable bonds is 3. The number of benzene rings is 2. The summed E-state index contributed by atoms with van der Waals surface area (Å²) in [6.07, 6.45) is 0.430. The van der Waals surface area contributed by atoms with E-state index in [0.29, 0.717) is 11.4 Å². The molecule has 1 aromatic heterocycles. The van der Waals surface area contributed by atoms with Gasteiger partial charge in [0.25, 0.3) is 0 Å². The molecule has 98 valence electrons. The fraction of sp³-hybridized carbons (Fsp3) is 0.0667. The number of nitrogens with zero attached hydrogens (tertiary/aromatic N) is 2. The summed E-state index contributed by atoms with van der Waals surface area (Å²) in [6, 6.07) is 15.6. The summed E-state index contributed by atoms with van der Waals surface area (Å²) in [5.41, 5.74) is 2.86. The fourth-order valence-corrected chi connectivity index (χ4v) is 2.91. The smallest absolute Gasteiger partial charge is 0.188 e. The van der Waals surface area contributed by atoms with Crippen LogP contribution in [0.3, 0.4) is 0 Å². The first-order valence-corrected chi connectivity index (χ1v) is 7.23. The molecule has 0 bridgehead atoms. The maximum atomic E-state index is 8.64. The van der Waals surface area contributed by atoms with Crippen LogP contribution in [-0.2, 0) is 6.42 Å². The van der Waals surface area contributed by atoms with Gasteiger partial charge < -0.3 is 5.32 Å². The lowest BCUT2D eigenvalue weighted by Crippen LogP contribution is -1.89. The third-order valence-corrected chi connectivity index (χ3v) is 4.02. The van der Waals surface area contributed by atoms with Crippen LogP contribution in [0.1, 0.15) is 5.56 Å². The predicted octanol–water partition coefficient (Wildman–Crippen LogP) is 4.76. The van der Waals surface area contributed by atoms with Crippen molar-refractivity contribution in [2.24, 2.45) is 0 Å². The molecule has 5 heteroatoms. The number of hydrogen-bond acceptors (Lipinski definition) is 4. The van der Waals surface area contributed by atoms with Crippen molar-refractivity contribution in [3.05, 3.63) is 53.1 Å². The van der Waals surface area contributed by atoms with Gasteiger partial charge in [-0.2, -0.15) is 5.26 Å². The normalized spacial score (nSPS) is 10.4. The van der Waals surface area contributed by atoms with Crippen LogP contribution >= 0.6 is 22.9 Å². The van der Waals surface area contributed by atoms with Crippen LogP contribution in [0.4, 0.5) is 10.8 Å². The van der Waals surface area contributed by atoms with E-state index in [1.54, 1.807) is 11.3 Å². The van der Waals surface area contributed by atoms with Crippen molar-refractivity contribution in [1.29, 1.82) is 5.26 Å². The van der Waals surface area contributed by atoms with Crippen molar-refractivity contribution < 1.29 is 0 Å². The second kappa shape index (κ2) is 5.49. The highest BCUT2D eigenvalue weighted by Gasteiger charge is 2.04. The Kier molecular flexibility index (Phi) is 3.55. The van der Waals surface area contributed by atoms with Gasteiger partial charge in [-0.15, -0.1) is 0 Å². The maximum Gasteiger partial charge on any atom is 0.188 e. The second-order valence-electron chi connectivity index (χ2n) is 4.29. The molecule has 2 aromatic carbocycles. The monoisotopic (exact) mass is 299 g/mol. The van der Waals surface area contributed by atoms with Gasteiger partial charge in [0.05, 0.1) is 22.7 Å². The largest absolute Gasteiger partial charge is 0.332 e. The first kappa shape index (κ1) is 12.9. The predicted molar refractivity (Wildman–Crippen MR) is 83.7 cm³/mol. The SMILES string of the molecule is N#CCc1ccc(Nc2nc3cc(Cl)ccc3s2)cc1. The lowest BCUT2D eigenvalue weighted by atomic mass is 10.1. The second-order valence-corrected chi connectivity index (χ2v) is 5.75. The summed E-state index contributed by atoms with van der Waals surface area (Å²) in [7, 11) is 0. The summed E-state index contributed by atoms with van der Waals surface area (Å²) in [5, 5.41) is 13.4. The standard InChI is InChI=1S/C15H10ClN3S/c16-11-3-6-14-13(9-11)19-15(20-14)18-12-4-1-10(2-5-12)7-8-17/h1-6,9H,7H2,(H,18,19). The van der Waals surface area contributed by atoms with Gasteiger partial charge in [0.15, 0.2) is 5.13 Å². The number of hydrogen-bond donors (Lipinski definition) is 1. The molecule has 0 aliphatic heterocycles. The fourth-order valence-electron chi connectivity index (χ4n) is 1.87. The molecular weight excluding hydrogens is 290 g/mol. The van der Waals surface area contributed by atoms with E-state index in [9.17, 15) is 0 Å².